The van der Waals surface area contributed by atoms with Crippen LogP contribution in [0.4, 0.5) is 13.2 Å². The lowest BCUT2D eigenvalue weighted by molar-refractivity contribution is -0.137. The van der Waals surface area contributed by atoms with Crippen LogP contribution in [-0.2, 0) is 11.9 Å². The van der Waals surface area contributed by atoms with E-state index in [9.17, 15) is 18.0 Å². The zero-order valence-corrected chi connectivity index (χ0v) is 18.3. The van der Waals surface area contributed by atoms with Gasteiger partial charge in [-0.25, -0.2) is 4.98 Å². The van der Waals surface area contributed by atoms with Crippen LogP contribution in [-0.4, -0.2) is 24.7 Å². The van der Waals surface area contributed by atoms with Crippen LogP contribution in [0.2, 0.25) is 0 Å². The summed E-state index contributed by atoms with van der Waals surface area (Å²) in [4.78, 5) is 24.9. The number of rotatable bonds is 6. The number of benzene rings is 1. The molecule has 3 heterocycles. The average molecular weight is 463 g/mol. The molecule has 11 heteroatoms. The Bertz CT molecular complexity index is 1330. The first kappa shape index (κ1) is 22.1. The van der Waals surface area contributed by atoms with E-state index < -0.39 is 11.7 Å². The van der Waals surface area contributed by atoms with Crippen molar-refractivity contribution in [2.24, 2.45) is 0 Å². The number of nitrogens with zero attached hydrogens (tertiary/aromatic N) is 4. The van der Waals surface area contributed by atoms with Crippen LogP contribution < -0.4 is 5.56 Å². The second-order valence-electron chi connectivity index (χ2n) is 7.42. The Kier molecular flexibility index (Phi) is 5.85. The van der Waals surface area contributed by atoms with Crippen LogP contribution in [0.25, 0.3) is 22.4 Å². The number of hydrogen-bond acceptors (Lipinski definition) is 6. The van der Waals surface area contributed by atoms with E-state index in [1.54, 1.807) is 10.6 Å². The maximum absolute atomic E-state index is 13.0. The van der Waals surface area contributed by atoms with Gasteiger partial charge >= 0.3 is 6.18 Å². The second kappa shape index (κ2) is 8.45. The third kappa shape index (κ3) is 4.29. The summed E-state index contributed by atoms with van der Waals surface area (Å²) < 4.78 is 45.8. The summed E-state index contributed by atoms with van der Waals surface area (Å²) in [5.74, 6) is 0.498. The molecule has 7 nitrogen and oxygen atoms in total. The summed E-state index contributed by atoms with van der Waals surface area (Å²) in [6.07, 6.45) is -3.72. The minimum absolute atomic E-state index is 0.0655. The van der Waals surface area contributed by atoms with Crippen LogP contribution in [0.5, 0.6) is 0 Å². The lowest BCUT2D eigenvalue weighted by Crippen LogP contribution is -2.26. The van der Waals surface area contributed by atoms with Crippen molar-refractivity contribution in [3.63, 3.8) is 0 Å². The third-order valence-electron chi connectivity index (χ3n) is 5.06. The maximum Gasteiger partial charge on any atom is 0.416 e. The molecule has 32 heavy (non-hydrogen) atoms. The van der Waals surface area contributed by atoms with Gasteiger partial charge < -0.3 is 9.51 Å². The van der Waals surface area contributed by atoms with Gasteiger partial charge in [0.2, 0.25) is 11.7 Å². The topological polar surface area (TPSA) is 89.6 Å². The number of aromatic amines is 1. The summed E-state index contributed by atoms with van der Waals surface area (Å²) in [5, 5.41) is 4.31. The Labute approximate surface area is 185 Å². The Morgan fingerprint density at radius 1 is 1.25 bits per heavy atom. The molecule has 4 aromatic rings. The van der Waals surface area contributed by atoms with Crippen molar-refractivity contribution in [3.05, 3.63) is 57.8 Å². The van der Waals surface area contributed by atoms with Gasteiger partial charge in [0.1, 0.15) is 5.52 Å². The van der Waals surface area contributed by atoms with Crippen LogP contribution in [0.15, 0.2) is 44.8 Å². The zero-order chi connectivity index (χ0) is 23.0. The van der Waals surface area contributed by atoms with E-state index in [2.05, 4.69) is 20.1 Å². The molecule has 0 radical (unpaired) electrons. The molecule has 0 spiro atoms. The summed E-state index contributed by atoms with van der Waals surface area (Å²) >= 11 is 1.26. The predicted molar refractivity (Wildman–Crippen MR) is 114 cm³/mol. The number of aryl methyl sites for hydroxylation is 1. The number of H-pyrrole nitrogens is 1. The fraction of sp³-hybridized carbons (Fsp3) is 0.333. The van der Waals surface area contributed by atoms with Crippen molar-refractivity contribution in [2.75, 3.05) is 0 Å². The van der Waals surface area contributed by atoms with Gasteiger partial charge in [-0.15, -0.1) is 0 Å². The van der Waals surface area contributed by atoms with Crippen molar-refractivity contribution in [1.82, 2.24) is 24.7 Å². The van der Waals surface area contributed by atoms with E-state index in [0.29, 0.717) is 16.2 Å². The van der Waals surface area contributed by atoms with Crippen molar-refractivity contribution in [2.45, 2.75) is 50.3 Å². The number of hydrogen-bond donors (Lipinski definition) is 1. The van der Waals surface area contributed by atoms with Crippen LogP contribution in [0.1, 0.15) is 43.5 Å². The van der Waals surface area contributed by atoms with E-state index in [-0.39, 0.29) is 34.6 Å². The maximum atomic E-state index is 13.0. The molecule has 0 aliphatic carbocycles. The molecule has 1 aromatic carbocycles. The molecular weight excluding hydrogens is 443 g/mol. The average Bonchev–Trinajstić information content (AvgIpc) is 3.37. The minimum Gasteiger partial charge on any atom is -0.353 e. The molecular formula is C21H20F3N5O2S. The fourth-order valence-corrected chi connectivity index (χ4v) is 4.19. The van der Waals surface area contributed by atoms with Gasteiger partial charge in [0.05, 0.1) is 16.8 Å². The number of alkyl halides is 3. The van der Waals surface area contributed by atoms with Crippen molar-refractivity contribution in [1.29, 1.82) is 0 Å². The van der Waals surface area contributed by atoms with Crippen molar-refractivity contribution < 1.29 is 17.7 Å². The smallest absolute Gasteiger partial charge is 0.353 e. The van der Waals surface area contributed by atoms with Gasteiger partial charge in [-0.05, 0) is 38.5 Å². The Hall–Kier alpha value is -3.08. The first-order valence-corrected chi connectivity index (χ1v) is 10.9. The summed E-state index contributed by atoms with van der Waals surface area (Å²) in [5.41, 5.74) is 1.13. The summed E-state index contributed by atoms with van der Waals surface area (Å²) in [6, 6.07) is 6.48. The summed E-state index contributed by atoms with van der Waals surface area (Å²) in [7, 11) is 0. The molecule has 0 saturated carbocycles. The molecule has 1 atom stereocenters. The lowest BCUT2D eigenvalue weighted by Gasteiger charge is -2.16. The van der Waals surface area contributed by atoms with Crippen molar-refractivity contribution in [3.8, 4) is 11.4 Å². The molecule has 1 N–H and O–H groups in total. The van der Waals surface area contributed by atoms with Crippen LogP contribution >= 0.6 is 11.8 Å². The molecule has 0 bridgehead atoms. The highest BCUT2D eigenvalue weighted by Crippen LogP contribution is 2.32. The SMILES string of the molecule is CCC(C)n1c(SCc2nc(-c3cccc(C(F)(F)F)c3)no2)nc2cc(C)[nH]c2c1=O. The molecule has 0 saturated heterocycles. The van der Waals surface area contributed by atoms with E-state index in [0.717, 1.165) is 24.2 Å². The Balaban J connectivity index is 1.61. The molecule has 168 valence electrons. The van der Waals surface area contributed by atoms with E-state index in [4.69, 9.17) is 4.52 Å². The number of fused-ring (bicyclic) bond motifs is 1. The quantitative estimate of drug-likeness (QED) is 0.306. The van der Waals surface area contributed by atoms with Gasteiger partial charge in [0.25, 0.3) is 5.56 Å². The Morgan fingerprint density at radius 2 is 2.03 bits per heavy atom. The fourth-order valence-electron chi connectivity index (χ4n) is 3.25. The molecule has 1 unspecified atom stereocenters. The first-order chi connectivity index (χ1) is 15.2. The highest BCUT2D eigenvalue weighted by Gasteiger charge is 2.30. The monoisotopic (exact) mass is 463 g/mol. The molecule has 0 aliphatic rings. The minimum atomic E-state index is -4.46. The molecule has 0 aliphatic heterocycles. The molecule has 0 amide bonds. The lowest BCUT2D eigenvalue weighted by atomic mass is 10.1. The number of aromatic nitrogens is 5. The van der Waals surface area contributed by atoms with Crippen LogP contribution in [0.3, 0.4) is 0 Å². The predicted octanol–water partition coefficient (Wildman–Crippen LogP) is 5.37. The van der Waals surface area contributed by atoms with E-state index in [1.807, 2.05) is 20.8 Å². The van der Waals surface area contributed by atoms with Gasteiger partial charge in [0.15, 0.2) is 5.16 Å². The number of thioether (sulfide) groups is 1. The van der Waals surface area contributed by atoms with Gasteiger partial charge in [-0.2, -0.15) is 18.2 Å². The van der Waals surface area contributed by atoms with E-state index in [1.165, 1.54) is 23.9 Å². The van der Waals surface area contributed by atoms with Gasteiger partial charge in [-0.3, -0.25) is 9.36 Å². The Morgan fingerprint density at radius 3 is 2.75 bits per heavy atom. The number of nitrogens with one attached hydrogen (secondary N) is 1. The highest BCUT2D eigenvalue weighted by molar-refractivity contribution is 7.98. The summed E-state index contributed by atoms with van der Waals surface area (Å²) in [6.45, 7) is 5.78. The van der Waals surface area contributed by atoms with Gasteiger partial charge in [0, 0.05) is 17.3 Å². The standard InChI is InChI=1S/C21H20F3N5O2S/c1-4-12(3)29-19(30)17-15(8-11(2)25-17)26-20(29)32-10-16-27-18(28-31-16)13-6-5-7-14(9-13)21(22,23)24/h5-9,12,25H,4,10H2,1-3H3. The van der Waals surface area contributed by atoms with E-state index >= 15 is 0 Å². The molecule has 4 rings (SSSR count). The third-order valence-corrected chi connectivity index (χ3v) is 6.00. The zero-order valence-electron chi connectivity index (χ0n) is 17.5. The normalized spacial score (nSPS) is 13.1. The molecule has 3 aromatic heterocycles. The largest absolute Gasteiger partial charge is 0.416 e. The highest BCUT2D eigenvalue weighted by atomic mass is 32.2. The van der Waals surface area contributed by atoms with Gasteiger partial charge in [-0.1, -0.05) is 36.0 Å². The first-order valence-electron chi connectivity index (χ1n) is 9.92. The van der Waals surface area contributed by atoms with Crippen LogP contribution in [0, 0.1) is 6.92 Å². The van der Waals surface area contributed by atoms with Crippen molar-refractivity contribution >= 4 is 22.8 Å². The molecule has 0 fully saturated rings. The number of halogens is 3. The second-order valence-corrected chi connectivity index (χ2v) is 8.36.